The largest absolute Gasteiger partial charge is 0.480 e. The van der Waals surface area contributed by atoms with Crippen LogP contribution in [0.2, 0.25) is 0 Å². The molecule has 124 valence electrons. The minimum absolute atomic E-state index is 0.0657. The number of nitrogens with zero attached hydrogens (tertiary/aromatic N) is 2. The molecule has 1 atom stereocenters. The van der Waals surface area contributed by atoms with Crippen molar-refractivity contribution in [2.45, 2.75) is 45.1 Å². The lowest BCUT2D eigenvalue weighted by molar-refractivity contribution is -0.127. The molecule has 0 saturated carbocycles. The summed E-state index contributed by atoms with van der Waals surface area (Å²) < 4.78 is 5.71. The zero-order valence-electron chi connectivity index (χ0n) is 13.8. The minimum atomic E-state index is -0.426. The van der Waals surface area contributed by atoms with Crippen LogP contribution in [0.25, 0.3) is 0 Å². The second kappa shape index (κ2) is 6.23. The lowest BCUT2D eigenvalue weighted by Gasteiger charge is -2.11. The highest BCUT2D eigenvalue weighted by Gasteiger charge is 2.28. The molecule has 1 aliphatic heterocycles. The maximum absolute atomic E-state index is 12.3. The van der Waals surface area contributed by atoms with E-state index in [-0.39, 0.29) is 5.91 Å². The van der Waals surface area contributed by atoms with Crippen molar-refractivity contribution in [1.82, 2.24) is 15.3 Å². The van der Waals surface area contributed by atoms with Crippen LogP contribution in [0.1, 0.15) is 34.8 Å². The molecule has 5 nitrogen and oxygen atoms in total. The van der Waals surface area contributed by atoms with Crippen LogP contribution in [-0.2, 0) is 30.5 Å². The Balaban J connectivity index is 1.32. The zero-order chi connectivity index (χ0) is 16.5. The van der Waals surface area contributed by atoms with Gasteiger partial charge in [0.05, 0.1) is 0 Å². The first kappa shape index (κ1) is 15.1. The molecule has 1 amide bonds. The molecule has 0 bridgehead atoms. The quantitative estimate of drug-likeness (QED) is 0.934. The monoisotopic (exact) mass is 323 g/mol. The van der Waals surface area contributed by atoms with E-state index in [1.165, 1.54) is 17.7 Å². The van der Waals surface area contributed by atoms with Gasteiger partial charge in [-0.3, -0.25) is 4.79 Å². The van der Waals surface area contributed by atoms with Crippen molar-refractivity contribution >= 4 is 5.91 Å². The fourth-order valence-electron chi connectivity index (χ4n) is 3.53. The molecule has 4 rings (SSSR count). The molecule has 1 aliphatic carbocycles. The number of nitrogens with one attached hydrogen (secondary N) is 1. The average Bonchev–Trinajstić information content (AvgIpc) is 3.21. The van der Waals surface area contributed by atoms with Gasteiger partial charge in [-0.25, -0.2) is 9.97 Å². The number of hydrogen-bond acceptors (Lipinski definition) is 4. The Morgan fingerprint density at radius 1 is 1.29 bits per heavy atom. The first-order chi connectivity index (χ1) is 11.7. The van der Waals surface area contributed by atoms with Gasteiger partial charge in [-0.2, -0.15) is 0 Å². The normalized spacial score (nSPS) is 18.0. The Morgan fingerprint density at radius 2 is 2.17 bits per heavy atom. The summed E-state index contributed by atoms with van der Waals surface area (Å²) >= 11 is 0. The number of ether oxygens (including phenoxy) is 1. The second-order valence-electron chi connectivity index (χ2n) is 6.46. The van der Waals surface area contributed by atoms with E-state index in [4.69, 9.17) is 4.74 Å². The standard InChI is InChI=1S/C19H21N3O2/c1-12-14-6-4-7-15(14)22-18(21-12)9-10-20-19(23)17-11-13-5-2-3-8-16(13)24-17/h2-3,5,8,17H,4,6-7,9-11H2,1H3,(H,20,23)/t17-/m1/s1. The number of benzene rings is 1. The molecule has 1 N–H and O–H groups in total. The van der Waals surface area contributed by atoms with Crippen molar-refractivity contribution in [3.8, 4) is 5.75 Å². The number of aromatic nitrogens is 2. The fraction of sp³-hybridized carbons (Fsp3) is 0.421. The van der Waals surface area contributed by atoms with Gasteiger partial charge in [-0.15, -0.1) is 0 Å². The van der Waals surface area contributed by atoms with Crippen LogP contribution in [-0.4, -0.2) is 28.5 Å². The number of aryl methyl sites for hydroxylation is 2. The van der Waals surface area contributed by atoms with Crippen molar-refractivity contribution in [3.63, 3.8) is 0 Å². The Kier molecular flexibility index (Phi) is 3.92. The van der Waals surface area contributed by atoms with Gasteiger partial charge >= 0.3 is 0 Å². The number of para-hydroxylation sites is 1. The summed E-state index contributed by atoms with van der Waals surface area (Å²) in [7, 11) is 0. The third kappa shape index (κ3) is 2.86. The Hall–Kier alpha value is -2.43. The lowest BCUT2D eigenvalue weighted by atomic mass is 10.1. The first-order valence-corrected chi connectivity index (χ1v) is 8.58. The molecule has 0 unspecified atom stereocenters. The van der Waals surface area contributed by atoms with Gasteiger partial charge in [0.2, 0.25) is 0 Å². The summed E-state index contributed by atoms with van der Waals surface area (Å²) in [5.41, 5.74) is 4.70. The molecule has 2 heterocycles. The molecule has 24 heavy (non-hydrogen) atoms. The molecule has 0 spiro atoms. The van der Waals surface area contributed by atoms with E-state index in [1.54, 1.807) is 0 Å². The zero-order valence-corrected chi connectivity index (χ0v) is 13.8. The van der Waals surface area contributed by atoms with Gasteiger partial charge in [-0.1, -0.05) is 18.2 Å². The van der Waals surface area contributed by atoms with Crippen LogP contribution in [0.5, 0.6) is 5.75 Å². The maximum Gasteiger partial charge on any atom is 0.261 e. The second-order valence-corrected chi connectivity index (χ2v) is 6.46. The minimum Gasteiger partial charge on any atom is -0.480 e. The average molecular weight is 323 g/mol. The lowest BCUT2D eigenvalue weighted by Crippen LogP contribution is -2.38. The van der Waals surface area contributed by atoms with Crippen LogP contribution < -0.4 is 10.1 Å². The van der Waals surface area contributed by atoms with E-state index in [0.29, 0.717) is 19.4 Å². The molecule has 0 fully saturated rings. The van der Waals surface area contributed by atoms with E-state index in [1.807, 2.05) is 24.3 Å². The Bertz CT molecular complexity index is 763. The van der Waals surface area contributed by atoms with Crippen LogP contribution in [0, 0.1) is 6.92 Å². The molecule has 0 saturated heterocycles. The van der Waals surface area contributed by atoms with Crippen molar-refractivity contribution in [3.05, 3.63) is 52.6 Å². The molecule has 5 heteroatoms. The summed E-state index contributed by atoms with van der Waals surface area (Å²) in [5, 5.41) is 2.95. The summed E-state index contributed by atoms with van der Waals surface area (Å²) in [6.45, 7) is 2.59. The van der Waals surface area contributed by atoms with Crippen LogP contribution in [0.4, 0.5) is 0 Å². The van der Waals surface area contributed by atoms with E-state index in [9.17, 15) is 4.79 Å². The highest BCUT2D eigenvalue weighted by atomic mass is 16.5. The summed E-state index contributed by atoms with van der Waals surface area (Å²) in [5.74, 6) is 1.57. The molecular weight excluding hydrogens is 302 g/mol. The number of fused-ring (bicyclic) bond motifs is 2. The van der Waals surface area contributed by atoms with Crippen molar-refractivity contribution < 1.29 is 9.53 Å². The van der Waals surface area contributed by atoms with Crippen molar-refractivity contribution in [2.24, 2.45) is 0 Å². The number of amides is 1. The molecule has 2 aromatic rings. The van der Waals surface area contributed by atoms with Crippen LogP contribution >= 0.6 is 0 Å². The fourth-order valence-corrected chi connectivity index (χ4v) is 3.53. The van der Waals surface area contributed by atoms with Gasteiger partial charge in [-0.05, 0) is 43.4 Å². The van der Waals surface area contributed by atoms with Gasteiger partial charge < -0.3 is 10.1 Å². The summed E-state index contributed by atoms with van der Waals surface area (Å²) in [6, 6.07) is 7.80. The maximum atomic E-state index is 12.3. The summed E-state index contributed by atoms with van der Waals surface area (Å²) in [4.78, 5) is 21.5. The van der Waals surface area contributed by atoms with Gasteiger partial charge in [0, 0.05) is 30.8 Å². The number of carbonyl (C=O) groups is 1. The molecule has 0 radical (unpaired) electrons. The molecule has 1 aromatic carbocycles. The first-order valence-electron chi connectivity index (χ1n) is 8.58. The number of rotatable bonds is 4. The van der Waals surface area contributed by atoms with E-state index < -0.39 is 6.10 Å². The Labute approximate surface area is 141 Å². The van der Waals surface area contributed by atoms with Crippen LogP contribution in [0.3, 0.4) is 0 Å². The van der Waals surface area contributed by atoms with E-state index in [2.05, 4.69) is 22.2 Å². The molecule has 1 aromatic heterocycles. The van der Waals surface area contributed by atoms with Crippen molar-refractivity contribution in [1.29, 1.82) is 0 Å². The Morgan fingerprint density at radius 3 is 3.04 bits per heavy atom. The van der Waals surface area contributed by atoms with Crippen molar-refractivity contribution in [2.75, 3.05) is 6.54 Å². The third-order valence-corrected chi connectivity index (χ3v) is 4.77. The van der Waals surface area contributed by atoms with E-state index >= 15 is 0 Å². The topological polar surface area (TPSA) is 64.1 Å². The van der Waals surface area contributed by atoms with Gasteiger partial charge in [0.1, 0.15) is 11.6 Å². The SMILES string of the molecule is Cc1nc(CCNC(=O)[C@H]2Cc3ccccc3O2)nc2c1CCC2. The predicted molar refractivity (Wildman–Crippen MR) is 90.1 cm³/mol. The van der Waals surface area contributed by atoms with E-state index in [0.717, 1.165) is 35.7 Å². The van der Waals surface area contributed by atoms with Crippen LogP contribution in [0.15, 0.2) is 24.3 Å². The highest BCUT2D eigenvalue weighted by molar-refractivity contribution is 5.82. The predicted octanol–water partition coefficient (Wildman–Crippen LogP) is 1.94. The third-order valence-electron chi connectivity index (χ3n) is 4.77. The van der Waals surface area contributed by atoms with Gasteiger partial charge in [0.15, 0.2) is 6.10 Å². The number of carbonyl (C=O) groups excluding carboxylic acids is 1. The molecule has 2 aliphatic rings. The molecular formula is C19H21N3O2. The van der Waals surface area contributed by atoms with Gasteiger partial charge in [0.25, 0.3) is 5.91 Å². The highest BCUT2D eigenvalue weighted by Crippen LogP contribution is 2.28. The number of hydrogen-bond donors (Lipinski definition) is 1. The smallest absolute Gasteiger partial charge is 0.261 e. The summed E-state index contributed by atoms with van der Waals surface area (Å²) in [6.07, 6.45) is 4.18.